The molecule has 0 aromatic rings. The fraction of sp³-hybridized carbons (Fsp3) is 0.900. The summed E-state index contributed by atoms with van der Waals surface area (Å²) >= 11 is 0. The molecule has 3 rings (SSSR count). The number of nitrogens with zero attached hydrogens (tertiary/aromatic N) is 1. The van der Waals surface area contributed by atoms with Gasteiger partial charge in [0.1, 0.15) is 6.10 Å². The van der Waals surface area contributed by atoms with Gasteiger partial charge in [0.15, 0.2) is 5.79 Å². The van der Waals surface area contributed by atoms with E-state index in [1.165, 1.54) is 0 Å². The number of cyclic esters (lactones) is 1. The average molecular weight is 228 g/mol. The second-order valence-corrected chi connectivity index (χ2v) is 4.50. The summed E-state index contributed by atoms with van der Waals surface area (Å²) in [7, 11) is 0. The molecule has 0 saturated carbocycles. The molecule has 3 aliphatic heterocycles. The normalized spacial score (nSPS) is 33.2. The zero-order valence-corrected chi connectivity index (χ0v) is 9.11. The van der Waals surface area contributed by atoms with Crippen molar-refractivity contribution in [3.8, 4) is 0 Å². The molecule has 0 bridgehead atoms. The van der Waals surface area contributed by atoms with E-state index >= 15 is 0 Å². The Morgan fingerprint density at radius 2 is 2.25 bits per heavy atom. The molecule has 6 nitrogen and oxygen atoms in total. The lowest BCUT2D eigenvalue weighted by Crippen LogP contribution is -2.38. The number of alkyl carbamates (subject to hydrolysis) is 1. The number of hydrogen-bond donors (Lipinski definition) is 1. The van der Waals surface area contributed by atoms with E-state index in [0.29, 0.717) is 19.8 Å². The van der Waals surface area contributed by atoms with Crippen LogP contribution in [0.1, 0.15) is 6.42 Å². The van der Waals surface area contributed by atoms with E-state index < -0.39 is 0 Å². The van der Waals surface area contributed by atoms with Crippen LogP contribution in [0.25, 0.3) is 0 Å². The van der Waals surface area contributed by atoms with Crippen LogP contribution in [0.2, 0.25) is 0 Å². The number of hydrogen-bond acceptors (Lipinski definition) is 5. The van der Waals surface area contributed by atoms with Crippen molar-refractivity contribution in [3.05, 3.63) is 0 Å². The molecule has 6 heteroatoms. The van der Waals surface area contributed by atoms with E-state index in [1.807, 2.05) is 0 Å². The van der Waals surface area contributed by atoms with Crippen molar-refractivity contribution in [2.45, 2.75) is 18.3 Å². The lowest BCUT2D eigenvalue weighted by atomic mass is 10.2. The second kappa shape index (κ2) is 3.87. The summed E-state index contributed by atoms with van der Waals surface area (Å²) in [5, 5.41) is 2.65. The fourth-order valence-electron chi connectivity index (χ4n) is 2.54. The summed E-state index contributed by atoms with van der Waals surface area (Å²) in [6.07, 6.45) is 0.553. The molecular weight excluding hydrogens is 212 g/mol. The van der Waals surface area contributed by atoms with Crippen molar-refractivity contribution in [2.75, 3.05) is 39.4 Å². The Morgan fingerprint density at radius 3 is 2.94 bits per heavy atom. The maximum atomic E-state index is 10.9. The molecule has 0 aromatic heterocycles. The lowest BCUT2D eigenvalue weighted by molar-refractivity contribution is -0.145. The Kier molecular flexibility index (Phi) is 2.49. The van der Waals surface area contributed by atoms with Crippen molar-refractivity contribution in [2.24, 2.45) is 0 Å². The minimum absolute atomic E-state index is 0.0379. The van der Waals surface area contributed by atoms with Gasteiger partial charge in [0.25, 0.3) is 0 Å². The van der Waals surface area contributed by atoms with Gasteiger partial charge in [-0.3, -0.25) is 4.90 Å². The van der Waals surface area contributed by atoms with Crippen molar-refractivity contribution in [3.63, 3.8) is 0 Å². The minimum atomic E-state index is -0.379. The predicted molar refractivity (Wildman–Crippen MR) is 54.0 cm³/mol. The summed E-state index contributed by atoms with van der Waals surface area (Å²) in [6.45, 7) is 4.45. The third-order valence-corrected chi connectivity index (χ3v) is 3.30. The molecule has 1 unspecified atom stereocenters. The summed E-state index contributed by atoms with van der Waals surface area (Å²) < 4.78 is 16.4. The fourth-order valence-corrected chi connectivity index (χ4v) is 2.54. The van der Waals surface area contributed by atoms with Crippen LogP contribution in [0.15, 0.2) is 0 Å². The van der Waals surface area contributed by atoms with Gasteiger partial charge in [0.2, 0.25) is 0 Å². The van der Waals surface area contributed by atoms with Gasteiger partial charge in [-0.2, -0.15) is 0 Å². The van der Waals surface area contributed by atoms with E-state index in [4.69, 9.17) is 14.2 Å². The monoisotopic (exact) mass is 228 g/mol. The van der Waals surface area contributed by atoms with Crippen LogP contribution in [0, 0.1) is 0 Å². The summed E-state index contributed by atoms with van der Waals surface area (Å²) in [6, 6.07) is 0. The Bertz CT molecular complexity index is 291. The third kappa shape index (κ3) is 1.88. The molecule has 1 N–H and O–H groups in total. The number of carbonyl (C=O) groups is 1. The van der Waals surface area contributed by atoms with Gasteiger partial charge >= 0.3 is 6.09 Å². The van der Waals surface area contributed by atoms with Crippen LogP contribution in [0.3, 0.4) is 0 Å². The predicted octanol–water partition coefficient (Wildman–Crippen LogP) is -0.456. The smallest absolute Gasteiger partial charge is 0.407 e. The highest BCUT2D eigenvalue weighted by molar-refractivity contribution is 5.69. The van der Waals surface area contributed by atoms with Crippen LogP contribution in [0.5, 0.6) is 0 Å². The topological polar surface area (TPSA) is 60.0 Å². The number of ether oxygens (including phenoxy) is 3. The van der Waals surface area contributed by atoms with Crippen LogP contribution < -0.4 is 5.32 Å². The lowest BCUT2D eigenvalue weighted by Gasteiger charge is -2.23. The largest absolute Gasteiger partial charge is 0.443 e. The van der Waals surface area contributed by atoms with Crippen molar-refractivity contribution in [1.29, 1.82) is 0 Å². The van der Waals surface area contributed by atoms with Crippen molar-refractivity contribution >= 4 is 6.09 Å². The molecule has 0 aliphatic carbocycles. The molecule has 16 heavy (non-hydrogen) atoms. The number of nitrogens with one attached hydrogen (secondary N) is 1. The van der Waals surface area contributed by atoms with Crippen LogP contribution >= 0.6 is 0 Å². The molecule has 1 spiro atoms. The second-order valence-electron chi connectivity index (χ2n) is 4.50. The maximum Gasteiger partial charge on any atom is 0.407 e. The van der Waals surface area contributed by atoms with Gasteiger partial charge in [0, 0.05) is 19.5 Å². The molecule has 0 radical (unpaired) electrons. The Hall–Kier alpha value is -0.850. The highest BCUT2D eigenvalue weighted by Crippen LogP contribution is 2.30. The molecule has 1 amide bonds. The van der Waals surface area contributed by atoms with E-state index in [2.05, 4.69) is 10.2 Å². The first-order valence-corrected chi connectivity index (χ1v) is 5.71. The quantitative estimate of drug-likeness (QED) is 0.693. The summed E-state index contributed by atoms with van der Waals surface area (Å²) in [4.78, 5) is 13.1. The van der Waals surface area contributed by atoms with Gasteiger partial charge in [-0.15, -0.1) is 0 Å². The number of rotatable bonds is 2. The van der Waals surface area contributed by atoms with Gasteiger partial charge in [-0.05, 0) is 0 Å². The zero-order valence-electron chi connectivity index (χ0n) is 9.11. The highest BCUT2D eigenvalue weighted by Gasteiger charge is 2.44. The van der Waals surface area contributed by atoms with Crippen molar-refractivity contribution in [1.82, 2.24) is 10.2 Å². The first-order chi connectivity index (χ1) is 7.76. The summed E-state index contributed by atoms with van der Waals surface area (Å²) in [5.41, 5.74) is 0. The first-order valence-electron chi connectivity index (χ1n) is 5.71. The van der Waals surface area contributed by atoms with Gasteiger partial charge in [-0.25, -0.2) is 4.79 Å². The molecule has 0 aromatic carbocycles. The molecule has 3 aliphatic rings. The van der Waals surface area contributed by atoms with Crippen molar-refractivity contribution < 1.29 is 19.0 Å². The van der Waals surface area contributed by atoms with Gasteiger partial charge in [-0.1, -0.05) is 0 Å². The van der Waals surface area contributed by atoms with E-state index in [-0.39, 0.29) is 18.0 Å². The van der Waals surface area contributed by atoms with E-state index in [1.54, 1.807) is 0 Å². The highest BCUT2D eigenvalue weighted by atomic mass is 16.7. The number of likely N-dealkylation sites (tertiary alicyclic amines) is 1. The third-order valence-electron chi connectivity index (χ3n) is 3.30. The standard InChI is InChI=1S/C10H16N2O4/c13-9-11-5-8(16-9)6-12-2-1-10(7-12)14-3-4-15-10/h8H,1-7H2,(H,11,13). The number of carbonyl (C=O) groups excluding carboxylic acids is 1. The molecule has 3 saturated heterocycles. The SMILES string of the molecule is O=C1NCC(CN2CCC3(C2)OCCO3)O1. The molecule has 1 atom stereocenters. The molecule has 90 valence electrons. The Balaban J connectivity index is 1.52. The van der Waals surface area contributed by atoms with E-state index in [0.717, 1.165) is 26.1 Å². The minimum Gasteiger partial charge on any atom is -0.443 e. The van der Waals surface area contributed by atoms with Gasteiger partial charge < -0.3 is 19.5 Å². The molecular formula is C10H16N2O4. The van der Waals surface area contributed by atoms with E-state index in [9.17, 15) is 4.79 Å². The number of amides is 1. The Labute approximate surface area is 93.8 Å². The Morgan fingerprint density at radius 1 is 1.44 bits per heavy atom. The van der Waals surface area contributed by atoms with Crippen LogP contribution in [0.4, 0.5) is 4.79 Å². The average Bonchev–Trinajstić information content (AvgIpc) is 2.94. The van der Waals surface area contributed by atoms with Crippen LogP contribution in [-0.4, -0.2) is 62.3 Å². The molecule has 3 fully saturated rings. The zero-order chi connectivity index (χ0) is 11.0. The van der Waals surface area contributed by atoms with Crippen LogP contribution in [-0.2, 0) is 14.2 Å². The first kappa shape index (κ1) is 10.3. The molecule has 3 heterocycles. The summed E-state index contributed by atoms with van der Waals surface area (Å²) in [5.74, 6) is -0.379. The van der Waals surface area contributed by atoms with Gasteiger partial charge in [0.05, 0.1) is 26.3 Å². The maximum absolute atomic E-state index is 10.9.